The number of aromatic amines is 1. The van der Waals surface area contributed by atoms with Crippen LogP contribution in [0.25, 0.3) is 22.2 Å². The second kappa shape index (κ2) is 5.62. The first-order valence-corrected chi connectivity index (χ1v) is 8.45. The molecule has 3 aromatic heterocycles. The lowest BCUT2D eigenvalue weighted by atomic mass is 10.2. The SMILES string of the molecule is C=C[C@H](Nc1ncnc2nc[nH]c12)c1nc2ccc(F)cc2n1C1CC1. The number of benzene rings is 1. The summed E-state index contributed by atoms with van der Waals surface area (Å²) in [5.74, 6) is 1.16. The Kier molecular flexibility index (Phi) is 3.24. The minimum Gasteiger partial charge on any atom is -0.355 e. The van der Waals surface area contributed by atoms with Crippen LogP contribution in [0.3, 0.4) is 0 Å². The van der Waals surface area contributed by atoms with Crippen LogP contribution in [0.2, 0.25) is 0 Å². The van der Waals surface area contributed by atoms with Gasteiger partial charge in [-0.2, -0.15) is 0 Å². The quantitative estimate of drug-likeness (QED) is 0.539. The maximum Gasteiger partial charge on any atom is 0.182 e. The van der Waals surface area contributed by atoms with Crippen molar-refractivity contribution in [3.05, 3.63) is 55.2 Å². The zero-order chi connectivity index (χ0) is 17.7. The first-order valence-electron chi connectivity index (χ1n) is 8.45. The molecule has 5 rings (SSSR count). The van der Waals surface area contributed by atoms with Crippen molar-refractivity contribution in [1.29, 1.82) is 0 Å². The normalized spacial score (nSPS) is 15.4. The molecule has 0 bridgehead atoms. The van der Waals surface area contributed by atoms with Crippen molar-refractivity contribution < 1.29 is 4.39 Å². The highest BCUT2D eigenvalue weighted by Crippen LogP contribution is 2.40. The maximum absolute atomic E-state index is 13.8. The Hall–Kier alpha value is -3.29. The Labute approximate surface area is 148 Å². The van der Waals surface area contributed by atoms with Crippen LogP contribution in [0, 0.1) is 5.82 Å². The van der Waals surface area contributed by atoms with E-state index in [2.05, 4.69) is 36.4 Å². The van der Waals surface area contributed by atoms with Gasteiger partial charge >= 0.3 is 0 Å². The Morgan fingerprint density at radius 1 is 1.31 bits per heavy atom. The molecule has 3 heterocycles. The van der Waals surface area contributed by atoms with Crippen molar-refractivity contribution in [3.8, 4) is 0 Å². The monoisotopic (exact) mass is 349 g/mol. The van der Waals surface area contributed by atoms with Gasteiger partial charge in [-0.15, -0.1) is 6.58 Å². The average molecular weight is 349 g/mol. The molecule has 1 aliphatic rings. The number of nitrogens with zero attached hydrogens (tertiary/aromatic N) is 5. The van der Waals surface area contributed by atoms with Crippen molar-refractivity contribution >= 4 is 28.0 Å². The van der Waals surface area contributed by atoms with Crippen LogP contribution in [-0.4, -0.2) is 29.5 Å². The summed E-state index contributed by atoms with van der Waals surface area (Å²) in [6, 6.07) is 4.75. The fourth-order valence-corrected chi connectivity index (χ4v) is 3.27. The molecule has 1 saturated carbocycles. The molecule has 4 aromatic rings. The summed E-state index contributed by atoms with van der Waals surface area (Å²) in [6.07, 6.45) is 6.95. The van der Waals surface area contributed by atoms with Crippen LogP contribution in [0.1, 0.15) is 30.7 Å². The van der Waals surface area contributed by atoms with E-state index < -0.39 is 0 Å². The van der Waals surface area contributed by atoms with Crippen LogP contribution in [0.5, 0.6) is 0 Å². The van der Waals surface area contributed by atoms with Gasteiger partial charge in [0.05, 0.1) is 17.4 Å². The predicted octanol–water partition coefficient (Wildman–Crippen LogP) is 3.52. The van der Waals surface area contributed by atoms with Crippen molar-refractivity contribution in [3.63, 3.8) is 0 Å². The van der Waals surface area contributed by atoms with Gasteiger partial charge in [0.15, 0.2) is 11.5 Å². The molecule has 7 nitrogen and oxygen atoms in total. The van der Waals surface area contributed by atoms with E-state index in [9.17, 15) is 4.39 Å². The lowest BCUT2D eigenvalue weighted by Gasteiger charge is -2.17. The van der Waals surface area contributed by atoms with E-state index in [0.29, 0.717) is 17.5 Å². The van der Waals surface area contributed by atoms with Gasteiger partial charge in [0.25, 0.3) is 0 Å². The Bertz CT molecular complexity index is 1130. The third-order valence-corrected chi connectivity index (χ3v) is 4.62. The molecule has 0 amide bonds. The second-order valence-corrected chi connectivity index (χ2v) is 6.39. The minimum atomic E-state index is -0.285. The number of hydrogen-bond acceptors (Lipinski definition) is 5. The fourth-order valence-electron chi connectivity index (χ4n) is 3.27. The number of nitrogens with one attached hydrogen (secondary N) is 2. The number of anilines is 1. The van der Waals surface area contributed by atoms with E-state index in [1.54, 1.807) is 24.5 Å². The van der Waals surface area contributed by atoms with Gasteiger partial charge in [-0.3, -0.25) is 0 Å². The maximum atomic E-state index is 13.8. The molecular formula is C18H16FN7. The van der Waals surface area contributed by atoms with E-state index in [4.69, 9.17) is 4.98 Å². The van der Waals surface area contributed by atoms with Crippen LogP contribution in [-0.2, 0) is 0 Å². The highest BCUT2D eigenvalue weighted by atomic mass is 19.1. The van der Waals surface area contributed by atoms with Crippen molar-refractivity contribution in [2.45, 2.75) is 24.9 Å². The Morgan fingerprint density at radius 2 is 2.19 bits per heavy atom. The number of halogens is 1. The Morgan fingerprint density at radius 3 is 3.00 bits per heavy atom. The molecule has 8 heteroatoms. The molecule has 0 saturated heterocycles. The lowest BCUT2D eigenvalue weighted by molar-refractivity contribution is 0.626. The van der Waals surface area contributed by atoms with Gasteiger partial charge in [0, 0.05) is 6.04 Å². The highest BCUT2D eigenvalue weighted by molar-refractivity contribution is 5.82. The third kappa shape index (κ3) is 2.33. The van der Waals surface area contributed by atoms with Crippen LogP contribution in [0.4, 0.5) is 10.2 Å². The van der Waals surface area contributed by atoms with Gasteiger partial charge < -0.3 is 14.9 Å². The summed E-state index contributed by atoms with van der Waals surface area (Å²) in [6.45, 7) is 3.95. The van der Waals surface area contributed by atoms with Crippen LogP contribution < -0.4 is 5.32 Å². The summed E-state index contributed by atoms with van der Waals surface area (Å²) in [5, 5.41) is 3.36. The molecule has 0 spiro atoms. The zero-order valence-electron chi connectivity index (χ0n) is 13.9. The number of rotatable bonds is 5. The van der Waals surface area contributed by atoms with Crippen LogP contribution in [0.15, 0.2) is 43.5 Å². The van der Waals surface area contributed by atoms with Gasteiger partial charge in [-0.25, -0.2) is 24.3 Å². The van der Waals surface area contributed by atoms with E-state index in [0.717, 1.165) is 35.2 Å². The smallest absolute Gasteiger partial charge is 0.182 e. The van der Waals surface area contributed by atoms with Gasteiger partial charge in [0.1, 0.15) is 29.5 Å². The molecule has 0 unspecified atom stereocenters. The molecule has 1 atom stereocenters. The second-order valence-electron chi connectivity index (χ2n) is 6.39. The standard InChI is InChI=1S/C18H16FN7/c1-2-12(24-17-15-16(21-8-20-15)22-9-23-17)18-25-13-6-3-10(19)7-14(13)26(18)11-4-5-11/h2-3,6-9,11-12H,1,4-5H2,(H2,20,21,22,23,24)/t12-/m0/s1. The minimum absolute atomic E-state index is 0.260. The summed E-state index contributed by atoms with van der Waals surface area (Å²) < 4.78 is 15.9. The summed E-state index contributed by atoms with van der Waals surface area (Å²) in [7, 11) is 0. The zero-order valence-corrected chi connectivity index (χ0v) is 13.9. The molecule has 130 valence electrons. The highest BCUT2D eigenvalue weighted by Gasteiger charge is 2.30. The topological polar surface area (TPSA) is 84.3 Å². The summed E-state index contributed by atoms with van der Waals surface area (Å²) in [4.78, 5) is 20.4. The average Bonchev–Trinajstić information content (AvgIpc) is 3.24. The molecular weight excluding hydrogens is 333 g/mol. The molecule has 1 fully saturated rings. The van der Waals surface area contributed by atoms with Gasteiger partial charge in [0.2, 0.25) is 0 Å². The lowest BCUT2D eigenvalue weighted by Crippen LogP contribution is -2.15. The molecule has 1 aromatic carbocycles. The molecule has 0 aliphatic heterocycles. The van der Waals surface area contributed by atoms with E-state index >= 15 is 0 Å². The van der Waals surface area contributed by atoms with Crippen molar-refractivity contribution in [2.24, 2.45) is 0 Å². The first-order chi connectivity index (χ1) is 12.7. The van der Waals surface area contributed by atoms with Crippen molar-refractivity contribution in [2.75, 3.05) is 5.32 Å². The van der Waals surface area contributed by atoms with Crippen molar-refractivity contribution in [1.82, 2.24) is 29.5 Å². The summed E-state index contributed by atoms with van der Waals surface area (Å²) >= 11 is 0. The largest absolute Gasteiger partial charge is 0.355 e. The molecule has 0 radical (unpaired) electrons. The molecule has 2 N–H and O–H groups in total. The number of H-pyrrole nitrogens is 1. The molecule has 1 aliphatic carbocycles. The van der Waals surface area contributed by atoms with Gasteiger partial charge in [-0.1, -0.05) is 6.08 Å². The van der Waals surface area contributed by atoms with E-state index in [1.165, 1.54) is 12.4 Å². The summed E-state index contributed by atoms with van der Waals surface area (Å²) in [5.41, 5.74) is 2.89. The number of hydrogen-bond donors (Lipinski definition) is 2. The fraction of sp³-hybridized carbons (Fsp3) is 0.222. The number of imidazole rings is 2. The third-order valence-electron chi connectivity index (χ3n) is 4.62. The Balaban J connectivity index is 1.62. The predicted molar refractivity (Wildman–Crippen MR) is 96.2 cm³/mol. The van der Waals surface area contributed by atoms with Crippen LogP contribution >= 0.6 is 0 Å². The number of fused-ring (bicyclic) bond motifs is 2. The van der Waals surface area contributed by atoms with E-state index in [1.807, 2.05) is 0 Å². The first kappa shape index (κ1) is 15.0. The van der Waals surface area contributed by atoms with E-state index in [-0.39, 0.29) is 11.9 Å². The molecule has 26 heavy (non-hydrogen) atoms. The van der Waals surface area contributed by atoms with Gasteiger partial charge in [-0.05, 0) is 31.0 Å². The number of aromatic nitrogens is 6.